The molecule has 1 aromatic carbocycles. The van der Waals surface area contributed by atoms with Gasteiger partial charge >= 0.3 is 5.97 Å². The highest BCUT2D eigenvalue weighted by molar-refractivity contribution is 5.74. The molecule has 0 saturated carbocycles. The van der Waals surface area contributed by atoms with Gasteiger partial charge in [-0.1, -0.05) is 0 Å². The van der Waals surface area contributed by atoms with E-state index in [1.54, 1.807) is 6.92 Å². The predicted molar refractivity (Wildman–Crippen MR) is 66.0 cm³/mol. The molecular formula is C12H13N3O4. The average Bonchev–Trinajstić information content (AvgIpc) is 2.37. The van der Waals surface area contributed by atoms with E-state index in [4.69, 9.17) is 15.7 Å². The molecule has 0 aliphatic carbocycles. The molecule has 0 radical (unpaired) electrons. The van der Waals surface area contributed by atoms with E-state index in [9.17, 15) is 14.9 Å². The molecule has 7 heteroatoms. The van der Waals surface area contributed by atoms with Crippen molar-refractivity contribution in [3.8, 4) is 6.07 Å². The van der Waals surface area contributed by atoms with Crippen LogP contribution >= 0.6 is 0 Å². The fourth-order valence-corrected chi connectivity index (χ4v) is 1.67. The number of hydrogen-bond acceptors (Lipinski definition) is 6. The van der Waals surface area contributed by atoms with E-state index in [1.165, 1.54) is 12.1 Å². The van der Waals surface area contributed by atoms with Gasteiger partial charge in [0.25, 0.3) is 5.69 Å². The summed E-state index contributed by atoms with van der Waals surface area (Å²) in [5, 5.41) is 19.9. The molecule has 0 fully saturated rings. The standard InChI is InChI=1S/C12H13N3O4/c1-2-19-12(16)5-8-3-10(15(17)18)4-9(6-13)11(8)7-14/h3-4H,2,5-6,13H2,1H3. The number of hydrogen-bond donors (Lipinski definition) is 1. The second kappa shape index (κ2) is 6.47. The van der Waals surface area contributed by atoms with Crippen LogP contribution in [-0.4, -0.2) is 17.5 Å². The SMILES string of the molecule is CCOC(=O)Cc1cc([N+](=O)[O-])cc(CN)c1C#N. The zero-order valence-electron chi connectivity index (χ0n) is 10.4. The Morgan fingerprint density at radius 3 is 2.63 bits per heavy atom. The number of benzene rings is 1. The van der Waals surface area contributed by atoms with Gasteiger partial charge in [-0.2, -0.15) is 5.26 Å². The van der Waals surface area contributed by atoms with Crippen LogP contribution in [0.5, 0.6) is 0 Å². The Morgan fingerprint density at radius 2 is 2.16 bits per heavy atom. The maximum atomic E-state index is 11.4. The third kappa shape index (κ3) is 3.50. The molecule has 0 bridgehead atoms. The Hall–Kier alpha value is -2.46. The summed E-state index contributed by atoms with van der Waals surface area (Å²) in [5.74, 6) is -0.539. The molecule has 0 heterocycles. The Morgan fingerprint density at radius 1 is 1.53 bits per heavy atom. The number of nitrogens with zero attached hydrogens (tertiary/aromatic N) is 2. The highest BCUT2D eigenvalue weighted by Gasteiger charge is 2.18. The van der Waals surface area contributed by atoms with E-state index in [0.29, 0.717) is 5.56 Å². The minimum atomic E-state index is -0.588. The Labute approximate surface area is 109 Å². The highest BCUT2D eigenvalue weighted by atomic mass is 16.6. The van der Waals surface area contributed by atoms with Crippen LogP contribution in [0.1, 0.15) is 23.6 Å². The number of nitro benzene ring substituents is 1. The largest absolute Gasteiger partial charge is 0.466 e. The van der Waals surface area contributed by atoms with Crippen molar-refractivity contribution in [2.75, 3.05) is 6.61 Å². The molecule has 100 valence electrons. The van der Waals surface area contributed by atoms with Gasteiger partial charge in [-0.25, -0.2) is 0 Å². The number of non-ortho nitro benzene ring substituents is 1. The topological polar surface area (TPSA) is 119 Å². The van der Waals surface area contributed by atoms with Crippen LogP contribution in [0.4, 0.5) is 5.69 Å². The van der Waals surface area contributed by atoms with Gasteiger partial charge in [-0.3, -0.25) is 14.9 Å². The Bertz CT molecular complexity index is 549. The van der Waals surface area contributed by atoms with Crippen molar-refractivity contribution in [3.63, 3.8) is 0 Å². The molecule has 1 aromatic rings. The quantitative estimate of drug-likeness (QED) is 0.481. The second-order valence-corrected chi connectivity index (χ2v) is 3.69. The monoisotopic (exact) mass is 263 g/mol. The third-order valence-electron chi connectivity index (χ3n) is 2.47. The first-order valence-electron chi connectivity index (χ1n) is 5.59. The number of ether oxygens (including phenoxy) is 1. The number of esters is 1. The fraction of sp³-hybridized carbons (Fsp3) is 0.333. The van der Waals surface area contributed by atoms with Crippen molar-refractivity contribution in [2.45, 2.75) is 19.9 Å². The van der Waals surface area contributed by atoms with Gasteiger partial charge in [0.2, 0.25) is 0 Å². The van der Waals surface area contributed by atoms with Crippen LogP contribution in [0.15, 0.2) is 12.1 Å². The molecule has 0 aliphatic rings. The summed E-state index contributed by atoms with van der Waals surface area (Å²) in [5.41, 5.74) is 6.07. The summed E-state index contributed by atoms with van der Waals surface area (Å²) in [7, 11) is 0. The van der Waals surface area contributed by atoms with Crippen molar-refractivity contribution < 1.29 is 14.5 Å². The van der Waals surface area contributed by atoms with E-state index in [-0.39, 0.29) is 36.4 Å². The summed E-state index contributed by atoms with van der Waals surface area (Å²) < 4.78 is 4.77. The van der Waals surface area contributed by atoms with Crippen LogP contribution in [0.2, 0.25) is 0 Å². The molecule has 0 atom stereocenters. The van der Waals surface area contributed by atoms with Crippen LogP contribution in [0.3, 0.4) is 0 Å². The van der Waals surface area contributed by atoms with E-state index in [2.05, 4.69) is 0 Å². The van der Waals surface area contributed by atoms with Crippen LogP contribution in [0.25, 0.3) is 0 Å². The van der Waals surface area contributed by atoms with Crippen LogP contribution in [0, 0.1) is 21.4 Å². The number of nitrogens with two attached hydrogens (primary N) is 1. The molecule has 2 N–H and O–H groups in total. The number of rotatable bonds is 5. The smallest absolute Gasteiger partial charge is 0.310 e. The van der Waals surface area contributed by atoms with Crippen molar-refractivity contribution in [2.24, 2.45) is 5.73 Å². The zero-order chi connectivity index (χ0) is 14.4. The van der Waals surface area contributed by atoms with Crippen LogP contribution < -0.4 is 5.73 Å². The molecule has 0 saturated heterocycles. The van der Waals surface area contributed by atoms with E-state index < -0.39 is 10.9 Å². The maximum absolute atomic E-state index is 11.4. The lowest BCUT2D eigenvalue weighted by Crippen LogP contribution is -2.11. The lowest BCUT2D eigenvalue weighted by atomic mass is 9.98. The molecule has 1 rings (SSSR count). The van der Waals surface area contributed by atoms with E-state index in [0.717, 1.165) is 0 Å². The lowest BCUT2D eigenvalue weighted by molar-refractivity contribution is -0.385. The summed E-state index contributed by atoms with van der Waals surface area (Å²) in [6.45, 7) is 1.85. The highest BCUT2D eigenvalue weighted by Crippen LogP contribution is 2.23. The first-order valence-corrected chi connectivity index (χ1v) is 5.59. The number of carbonyl (C=O) groups is 1. The van der Waals surface area contributed by atoms with Gasteiger partial charge in [-0.05, 0) is 18.1 Å². The fourth-order valence-electron chi connectivity index (χ4n) is 1.67. The predicted octanol–water partition coefficient (Wildman–Crippen LogP) is 1.03. The lowest BCUT2D eigenvalue weighted by Gasteiger charge is -2.08. The summed E-state index contributed by atoms with van der Waals surface area (Å²) >= 11 is 0. The Kier molecular flexibility index (Phi) is 4.97. The van der Waals surface area contributed by atoms with Crippen LogP contribution in [-0.2, 0) is 22.5 Å². The van der Waals surface area contributed by atoms with Gasteiger partial charge in [0.05, 0.1) is 29.6 Å². The molecular weight excluding hydrogens is 250 g/mol. The minimum absolute atomic E-state index is 0.0135. The molecule has 0 amide bonds. The molecule has 0 spiro atoms. The number of nitro groups is 1. The van der Waals surface area contributed by atoms with Gasteiger partial charge in [0.15, 0.2) is 0 Å². The van der Waals surface area contributed by atoms with E-state index in [1.807, 2.05) is 6.07 Å². The van der Waals surface area contributed by atoms with Gasteiger partial charge in [-0.15, -0.1) is 0 Å². The summed E-state index contributed by atoms with van der Waals surface area (Å²) in [6, 6.07) is 4.36. The normalized spacial score (nSPS) is 9.74. The summed E-state index contributed by atoms with van der Waals surface area (Å²) in [6.07, 6.45) is -0.189. The molecule has 0 aliphatic heterocycles. The molecule has 7 nitrogen and oxygen atoms in total. The van der Waals surface area contributed by atoms with Crippen molar-refractivity contribution >= 4 is 11.7 Å². The number of carbonyl (C=O) groups excluding carboxylic acids is 1. The van der Waals surface area contributed by atoms with Gasteiger partial charge in [0, 0.05) is 18.7 Å². The first-order chi connectivity index (χ1) is 9.03. The van der Waals surface area contributed by atoms with Gasteiger partial charge < -0.3 is 10.5 Å². The van der Waals surface area contributed by atoms with Gasteiger partial charge in [0.1, 0.15) is 0 Å². The molecule has 19 heavy (non-hydrogen) atoms. The molecule has 0 unspecified atom stereocenters. The average molecular weight is 263 g/mol. The Balaban J connectivity index is 3.27. The number of nitriles is 1. The van der Waals surface area contributed by atoms with Crippen molar-refractivity contribution in [1.29, 1.82) is 5.26 Å². The van der Waals surface area contributed by atoms with E-state index >= 15 is 0 Å². The third-order valence-corrected chi connectivity index (χ3v) is 2.47. The van der Waals surface area contributed by atoms with Crippen molar-refractivity contribution in [3.05, 3.63) is 38.9 Å². The first kappa shape index (κ1) is 14.6. The second-order valence-electron chi connectivity index (χ2n) is 3.69. The summed E-state index contributed by atoms with van der Waals surface area (Å²) in [4.78, 5) is 21.6. The maximum Gasteiger partial charge on any atom is 0.310 e. The van der Waals surface area contributed by atoms with Crippen molar-refractivity contribution in [1.82, 2.24) is 0 Å². The minimum Gasteiger partial charge on any atom is -0.466 e. The molecule has 0 aromatic heterocycles. The zero-order valence-corrected chi connectivity index (χ0v) is 10.4.